The maximum atomic E-state index is 11.6. The summed E-state index contributed by atoms with van der Waals surface area (Å²) in [5, 5.41) is 3.36. The van der Waals surface area contributed by atoms with Gasteiger partial charge in [0.2, 0.25) is 10.0 Å². The molecule has 0 radical (unpaired) electrons. The summed E-state index contributed by atoms with van der Waals surface area (Å²) in [6.07, 6.45) is 1.04. The number of sulfonamides is 1. The van der Waals surface area contributed by atoms with Gasteiger partial charge in [-0.05, 0) is 23.8 Å². The number of hydrogen-bond donors (Lipinski definition) is 2. The van der Waals surface area contributed by atoms with E-state index in [0.717, 1.165) is 12.2 Å². The van der Waals surface area contributed by atoms with Crippen LogP contribution < -0.4 is 10.0 Å². The molecule has 0 spiro atoms. The molecule has 0 bridgehead atoms. The van der Waals surface area contributed by atoms with Crippen molar-refractivity contribution in [2.24, 2.45) is 0 Å². The molecule has 1 unspecified atom stereocenters. The summed E-state index contributed by atoms with van der Waals surface area (Å²) < 4.78 is 25.6. The van der Waals surface area contributed by atoms with Crippen LogP contribution in [-0.2, 0) is 10.0 Å². The zero-order chi connectivity index (χ0) is 13.7. The van der Waals surface area contributed by atoms with Crippen LogP contribution in [0.2, 0.25) is 0 Å². The first kappa shape index (κ1) is 14.8. The third kappa shape index (κ3) is 4.21. The van der Waals surface area contributed by atoms with Crippen molar-refractivity contribution in [2.75, 3.05) is 24.6 Å². The van der Waals surface area contributed by atoms with Crippen molar-refractivity contribution in [2.45, 2.75) is 24.3 Å². The molecule has 6 heteroatoms. The fraction of sp³-hybridized carbons (Fsp3) is 0.538. The van der Waals surface area contributed by atoms with Crippen LogP contribution in [0.5, 0.6) is 0 Å². The number of fused-ring (bicyclic) bond motifs is 1. The van der Waals surface area contributed by atoms with Crippen LogP contribution in [0.3, 0.4) is 0 Å². The van der Waals surface area contributed by atoms with E-state index in [1.165, 1.54) is 10.5 Å². The first-order valence-corrected chi connectivity index (χ1v) is 9.18. The van der Waals surface area contributed by atoms with Gasteiger partial charge in [-0.2, -0.15) is 0 Å². The van der Waals surface area contributed by atoms with E-state index in [0.29, 0.717) is 13.1 Å². The van der Waals surface area contributed by atoms with Crippen molar-refractivity contribution in [3.05, 3.63) is 29.8 Å². The highest BCUT2D eigenvalue weighted by atomic mass is 32.2. The Morgan fingerprint density at radius 2 is 2.16 bits per heavy atom. The molecule has 1 aliphatic rings. The van der Waals surface area contributed by atoms with Gasteiger partial charge in [0, 0.05) is 24.0 Å². The van der Waals surface area contributed by atoms with Gasteiger partial charge >= 0.3 is 0 Å². The molecule has 2 rings (SSSR count). The number of hydrogen-bond acceptors (Lipinski definition) is 4. The van der Waals surface area contributed by atoms with Gasteiger partial charge in [0.1, 0.15) is 0 Å². The second-order valence-electron chi connectivity index (χ2n) is 4.50. The van der Waals surface area contributed by atoms with Gasteiger partial charge in [-0.25, -0.2) is 13.1 Å². The van der Waals surface area contributed by atoms with Crippen molar-refractivity contribution >= 4 is 21.8 Å². The molecule has 4 nitrogen and oxygen atoms in total. The molecule has 1 aromatic carbocycles. The zero-order valence-corrected chi connectivity index (χ0v) is 12.7. The summed E-state index contributed by atoms with van der Waals surface area (Å²) in [6, 6.07) is 8.61. The molecule has 0 saturated heterocycles. The lowest BCUT2D eigenvalue weighted by molar-refractivity contribution is 0.521. The Kier molecular flexibility index (Phi) is 5.27. The predicted molar refractivity (Wildman–Crippen MR) is 80.0 cm³/mol. The Morgan fingerprint density at radius 1 is 1.37 bits per heavy atom. The molecule has 1 atom stereocenters. The number of benzene rings is 1. The molecule has 1 aliphatic heterocycles. The standard InChI is InChI=1S/C13H20N2O2S2/c1-2-15-19(16,17)10-8-14-12-7-9-18-13-6-4-3-5-11(12)13/h3-6,12,14-15H,2,7-10H2,1H3. The zero-order valence-electron chi connectivity index (χ0n) is 11.1. The SMILES string of the molecule is CCNS(=O)(=O)CCNC1CCSc2ccccc21. The monoisotopic (exact) mass is 300 g/mol. The average molecular weight is 300 g/mol. The quantitative estimate of drug-likeness (QED) is 0.840. The Morgan fingerprint density at radius 3 is 2.95 bits per heavy atom. The lowest BCUT2D eigenvalue weighted by Gasteiger charge is -2.26. The molecule has 0 aromatic heterocycles. The average Bonchev–Trinajstić information content (AvgIpc) is 2.39. The second kappa shape index (κ2) is 6.74. The van der Waals surface area contributed by atoms with Gasteiger partial charge in [-0.3, -0.25) is 0 Å². The minimum atomic E-state index is -3.13. The van der Waals surface area contributed by atoms with Crippen molar-refractivity contribution in [3.63, 3.8) is 0 Å². The first-order chi connectivity index (χ1) is 9.12. The molecule has 0 saturated carbocycles. The topological polar surface area (TPSA) is 58.2 Å². The van der Waals surface area contributed by atoms with Gasteiger partial charge < -0.3 is 5.32 Å². The summed E-state index contributed by atoms with van der Waals surface area (Å²) in [6.45, 7) is 2.73. The second-order valence-corrected chi connectivity index (χ2v) is 7.56. The molecule has 106 valence electrons. The Balaban J connectivity index is 1.91. The van der Waals surface area contributed by atoms with E-state index in [9.17, 15) is 8.42 Å². The summed E-state index contributed by atoms with van der Waals surface area (Å²) >= 11 is 1.87. The van der Waals surface area contributed by atoms with E-state index in [1.54, 1.807) is 6.92 Å². The van der Waals surface area contributed by atoms with Crippen molar-refractivity contribution in [3.8, 4) is 0 Å². The molecule has 1 aromatic rings. The van der Waals surface area contributed by atoms with Crippen LogP contribution in [0, 0.1) is 0 Å². The summed E-state index contributed by atoms with van der Waals surface area (Å²) in [7, 11) is -3.13. The highest BCUT2D eigenvalue weighted by Crippen LogP contribution is 2.35. The van der Waals surface area contributed by atoms with Gasteiger partial charge in [-0.1, -0.05) is 25.1 Å². The highest BCUT2D eigenvalue weighted by Gasteiger charge is 2.20. The van der Waals surface area contributed by atoms with E-state index in [4.69, 9.17) is 0 Å². The highest BCUT2D eigenvalue weighted by molar-refractivity contribution is 7.99. The first-order valence-electron chi connectivity index (χ1n) is 6.55. The molecule has 2 N–H and O–H groups in total. The molecule has 19 heavy (non-hydrogen) atoms. The third-order valence-electron chi connectivity index (χ3n) is 3.08. The van der Waals surface area contributed by atoms with Crippen LogP contribution in [-0.4, -0.2) is 33.0 Å². The van der Waals surface area contributed by atoms with E-state index < -0.39 is 10.0 Å². The summed E-state index contributed by atoms with van der Waals surface area (Å²) in [5.74, 6) is 1.21. The lowest BCUT2D eigenvalue weighted by Crippen LogP contribution is -2.34. The normalized spacial score (nSPS) is 19.1. The number of thioether (sulfide) groups is 1. The van der Waals surface area contributed by atoms with Crippen LogP contribution in [0.1, 0.15) is 24.9 Å². The largest absolute Gasteiger partial charge is 0.309 e. The molecule has 0 amide bonds. The van der Waals surface area contributed by atoms with Crippen LogP contribution in [0.4, 0.5) is 0 Å². The van der Waals surface area contributed by atoms with Gasteiger partial charge in [-0.15, -0.1) is 11.8 Å². The lowest BCUT2D eigenvalue weighted by atomic mass is 10.0. The van der Waals surface area contributed by atoms with E-state index in [2.05, 4.69) is 22.2 Å². The summed E-state index contributed by atoms with van der Waals surface area (Å²) in [5.41, 5.74) is 1.29. The van der Waals surface area contributed by atoms with E-state index >= 15 is 0 Å². The van der Waals surface area contributed by atoms with Crippen molar-refractivity contribution in [1.82, 2.24) is 10.0 Å². The van der Waals surface area contributed by atoms with Crippen LogP contribution in [0.25, 0.3) is 0 Å². The Hall–Kier alpha value is -0.560. The maximum Gasteiger partial charge on any atom is 0.212 e. The summed E-state index contributed by atoms with van der Waals surface area (Å²) in [4.78, 5) is 1.31. The third-order valence-corrected chi connectivity index (χ3v) is 5.68. The fourth-order valence-electron chi connectivity index (χ4n) is 2.21. The minimum Gasteiger partial charge on any atom is -0.309 e. The minimum absolute atomic E-state index is 0.132. The number of rotatable bonds is 6. The Labute approximate surface area is 119 Å². The van der Waals surface area contributed by atoms with Crippen LogP contribution >= 0.6 is 11.8 Å². The van der Waals surface area contributed by atoms with Gasteiger partial charge in [0.05, 0.1) is 5.75 Å². The van der Waals surface area contributed by atoms with Crippen molar-refractivity contribution in [1.29, 1.82) is 0 Å². The van der Waals surface area contributed by atoms with E-state index in [1.807, 2.05) is 23.9 Å². The fourth-order valence-corrected chi connectivity index (χ4v) is 4.31. The maximum absolute atomic E-state index is 11.6. The molecular formula is C13H20N2O2S2. The predicted octanol–water partition coefficient (Wildman–Crippen LogP) is 1.75. The molecule has 0 aliphatic carbocycles. The smallest absolute Gasteiger partial charge is 0.212 e. The Bertz CT molecular complexity index is 517. The van der Waals surface area contributed by atoms with Gasteiger partial charge in [0.25, 0.3) is 0 Å². The molecule has 0 fully saturated rings. The molecule has 1 heterocycles. The van der Waals surface area contributed by atoms with Crippen LogP contribution in [0.15, 0.2) is 29.2 Å². The van der Waals surface area contributed by atoms with E-state index in [-0.39, 0.29) is 11.8 Å². The number of nitrogens with one attached hydrogen (secondary N) is 2. The molecular weight excluding hydrogens is 280 g/mol. The van der Waals surface area contributed by atoms with Gasteiger partial charge in [0.15, 0.2) is 0 Å². The van der Waals surface area contributed by atoms with Crippen molar-refractivity contribution < 1.29 is 8.42 Å².